The minimum Gasteiger partial charge on any atom is -0.469 e. The highest BCUT2D eigenvalue weighted by Gasteiger charge is 2.14. The summed E-state index contributed by atoms with van der Waals surface area (Å²) < 4.78 is 9.11. The Morgan fingerprint density at radius 2 is 2.04 bits per heavy atom. The Morgan fingerprint density at radius 3 is 2.79 bits per heavy atom. The SMILES string of the molecule is COC(=O)CCCCCn1c(-n2ccnc2)c(C)c2ccccc21. The fourth-order valence-corrected chi connectivity index (χ4v) is 3.22. The van der Waals surface area contributed by atoms with Crippen molar-refractivity contribution in [2.24, 2.45) is 0 Å². The summed E-state index contributed by atoms with van der Waals surface area (Å²) in [5.74, 6) is 1.04. The first-order valence-electron chi connectivity index (χ1n) is 8.35. The molecule has 0 saturated heterocycles. The molecule has 5 nitrogen and oxygen atoms in total. The lowest BCUT2D eigenvalue weighted by Crippen LogP contribution is -2.06. The first-order chi connectivity index (χ1) is 11.7. The summed E-state index contributed by atoms with van der Waals surface area (Å²) in [7, 11) is 1.44. The minimum absolute atomic E-state index is 0.128. The Hall–Kier alpha value is -2.56. The number of imidazole rings is 1. The van der Waals surface area contributed by atoms with Gasteiger partial charge in [-0.1, -0.05) is 24.6 Å². The van der Waals surface area contributed by atoms with E-state index in [9.17, 15) is 4.79 Å². The first kappa shape index (κ1) is 16.3. The van der Waals surface area contributed by atoms with Crippen LogP contribution < -0.4 is 0 Å². The van der Waals surface area contributed by atoms with Gasteiger partial charge in [0.15, 0.2) is 0 Å². The van der Waals surface area contributed by atoms with E-state index in [2.05, 4.69) is 50.0 Å². The van der Waals surface area contributed by atoms with Gasteiger partial charge in [0, 0.05) is 36.3 Å². The van der Waals surface area contributed by atoms with Gasteiger partial charge in [-0.15, -0.1) is 0 Å². The number of fused-ring (bicyclic) bond motifs is 1. The molecule has 1 aromatic carbocycles. The van der Waals surface area contributed by atoms with Crippen LogP contribution >= 0.6 is 0 Å². The summed E-state index contributed by atoms with van der Waals surface area (Å²) in [4.78, 5) is 15.4. The molecule has 0 saturated carbocycles. The number of hydrogen-bond donors (Lipinski definition) is 0. The highest BCUT2D eigenvalue weighted by molar-refractivity contribution is 5.87. The van der Waals surface area contributed by atoms with Gasteiger partial charge < -0.3 is 9.30 Å². The van der Waals surface area contributed by atoms with Gasteiger partial charge in [-0.2, -0.15) is 0 Å². The van der Waals surface area contributed by atoms with Crippen molar-refractivity contribution in [2.75, 3.05) is 7.11 Å². The van der Waals surface area contributed by atoms with Crippen molar-refractivity contribution in [1.82, 2.24) is 14.1 Å². The number of carbonyl (C=O) groups excluding carboxylic acids is 1. The van der Waals surface area contributed by atoms with Crippen molar-refractivity contribution in [2.45, 2.75) is 39.2 Å². The topological polar surface area (TPSA) is 49.0 Å². The van der Waals surface area contributed by atoms with Crippen LogP contribution in [0.2, 0.25) is 0 Å². The summed E-state index contributed by atoms with van der Waals surface area (Å²) in [6.07, 6.45) is 9.02. The van der Waals surface area contributed by atoms with E-state index in [4.69, 9.17) is 0 Å². The maximum atomic E-state index is 11.2. The van der Waals surface area contributed by atoms with Crippen LogP contribution in [0.3, 0.4) is 0 Å². The van der Waals surface area contributed by atoms with E-state index in [1.54, 1.807) is 6.20 Å². The number of aromatic nitrogens is 3. The Kier molecular flexibility index (Phi) is 4.99. The average molecular weight is 325 g/mol. The van der Waals surface area contributed by atoms with Gasteiger partial charge in [0.05, 0.1) is 7.11 Å². The highest BCUT2D eigenvalue weighted by Crippen LogP contribution is 2.28. The average Bonchev–Trinajstić information content (AvgIpc) is 3.22. The van der Waals surface area contributed by atoms with Crippen LogP contribution in [0.25, 0.3) is 16.7 Å². The van der Waals surface area contributed by atoms with Crippen LogP contribution in [0.5, 0.6) is 0 Å². The number of aryl methyl sites for hydroxylation is 2. The smallest absolute Gasteiger partial charge is 0.305 e. The number of benzene rings is 1. The molecule has 0 amide bonds. The molecule has 3 aromatic rings. The number of methoxy groups -OCH3 is 1. The predicted octanol–water partition coefficient (Wildman–Crippen LogP) is 3.87. The highest BCUT2D eigenvalue weighted by atomic mass is 16.5. The van der Waals surface area contributed by atoms with E-state index in [1.165, 1.54) is 29.4 Å². The number of unbranched alkanes of at least 4 members (excludes halogenated alkanes) is 2. The largest absolute Gasteiger partial charge is 0.469 e. The van der Waals surface area contributed by atoms with Gasteiger partial charge in [0.25, 0.3) is 0 Å². The third-order valence-electron chi connectivity index (χ3n) is 4.43. The predicted molar refractivity (Wildman–Crippen MR) is 94.3 cm³/mol. The molecular weight excluding hydrogens is 302 g/mol. The normalized spacial score (nSPS) is 11.1. The van der Waals surface area contributed by atoms with Crippen molar-refractivity contribution in [3.8, 4) is 5.82 Å². The third kappa shape index (κ3) is 3.20. The molecule has 0 spiro atoms. The molecule has 0 bridgehead atoms. The van der Waals surface area contributed by atoms with E-state index in [0.29, 0.717) is 6.42 Å². The summed E-state index contributed by atoms with van der Waals surface area (Å²) >= 11 is 0. The van der Waals surface area contributed by atoms with Crippen molar-refractivity contribution < 1.29 is 9.53 Å². The molecule has 2 aromatic heterocycles. The second kappa shape index (κ2) is 7.34. The van der Waals surface area contributed by atoms with Crippen LogP contribution in [0, 0.1) is 6.92 Å². The van der Waals surface area contributed by atoms with E-state index in [0.717, 1.165) is 25.8 Å². The van der Waals surface area contributed by atoms with Crippen LogP contribution in [0.15, 0.2) is 43.0 Å². The molecule has 0 fully saturated rings. The molecule has 0 aliphatic heterocycles. The quantitative estimate of drug-likeness (QED) is 0.489. The van der Waals surface area contributed by atoms with E-state index in [-0.39, 0.29) is 5.97 Å². The summed E-state index contributed by atoms with van der Waals surface area (Å²) in [5, 5.41) is 1.27. The van der Waals surface area contributed by atoms with E-state index >= 15 is 0 Å². The lowest BCUT2D eigenvalue weighted by Gasteiger charge is -2.12. The second-order valence-electron chi connectivity index (χ2n) is 5.97. The Labute approximate surface area is 141 Å². The maximum Gasteiger partial charge on any atom is 0.305 e. The Bertz CT molecular complexity index is 819. The minimum atomic E-state index is -0.128. The van der Waals surface area contributed by atoms with Gasteiger partial charge >= 0.3 is 5.97 Å². The monoisotopic (exact) mass is 325 g/mol. The third-order valence-corrected chi connectivity index (χ3v) is 4.43. The lowest BCUT2D eigenvalue weighted by molar-refractivity contribution is -0.140. The molecule has 0 aliphatic rings. The number of rotatable bonds is 7. The number of esters is 1. The Morgan fingerprint density at radius 1 is 1.21 bits per heavy atom. The van der Waals surface area contributed by atoms with Gasteiger partial charge in [-0.3, -0.25) is 9.36 Å². The van der Waals surface area contributed by atoms with E-state index < -0.39 is 0 Å². The van der Waals surface area contributed by atoms with Gasteiger partial charge in [0.2, 0.25) is 0 Å². The number of nitrogens with zero attached hydrogens (tertiary/aromatic N) is 3. The standard InChI is InChI=1S/C19H23N3O2/c1-15-16-8-5-6-9-17(16)22(19(15)21-13-11-20-14-21)12-7-3-4-10-18(23)24-2/h5-6,8-9,11,13-14H,3-4,7,10,12H2,1-2H3. The van der Waals surface area contributed by atoms with Crippen molar-refractivity contribution in [3.05, 3.63) is 48.5 Å². The fourth-order valence-electron chi connectivity index (χ4n) is 3.22. The number of carbonyl (C=O) groups is 1. The zero-order chi connectivity index (χ0) is 16.9. The van der Waals surface area contributed by atoms with Crippen LogP contribution in [-0.2, 0) is 16.1 Å². The molecular formula is C19H23N3O2. The molecule has 0 unspecified atom stereocenters. The summed E-state index contributed by atoms with van der Waals surface area (Å²) in [6, 6.07) is 8.48. The van der Waals surface area contributed by atoms with Gasteiger partial charge in [-0.05, 0) is 31.4 Å². The zero-order valence-electron chi connectivity index (χ0n) is 14.2. The summed E-state index contributed by atoms with van der Waals surface area (Å²) in [5.41, 5.74) is 2.50. The Balaban J connectivity index is 1.81. The number of hydrogen-bond acceptors (Lipinski definition) is 3. The molecule has 5 heteroatoms. The van der Waals surface area contributed by atoms with Crippen molar-refractivity contribution in [1.29, 1.82) is 0 Å². The molecule has 2 heterocycles. The molecule has 24 heavy (non-hydrogen) atoms. The molecule has 3 rings (SSSR count). The van der Waals surface area contributed by atoms with Crippen molar-refractivity contribution >= 4 is 16.9 Å². The van der Waals surface area contributed by atoms with Crippen LogP contribution in [0.4, 0.5) is 0 Å². The molecule has 0 aliphatic carbocycles. The molecule has 0 radical (unpaired) electrons. The zero-order valence-corrected chi connectivity index (χ0v) is 14.2. The molecule has 126 valence electrons. The van der Waals surface area contributed by atoms with Crippen molar-refractivity contribution in [3.63, 3.8) is 0 Å². The fraction of sp³-hybridized carbons (Fsp3) is 0.368. The first-order valence-corrected chi connectivity index (χ1v) is 8.35. The lowest BCUT2D eigenvalue weighted by atomic mass is 10.2. The second-order valence-corrected chi connectivity index (χ2v) is 5.97. The van der Waals surface area contributed by atoms with Crippen LogP contribution in [-0.4, -0.2) is 27.2 Å². The van der Waals surface area contributed by atoms with Gasteiger partial charge in [0.1, 0.15) is 12.1 Å². The number of para-hydroxylation sites is 1. The number of ether oxygens (including phenoxy) is 1. The summed E-state index contributed by atoms with van der Waals surface area (Å²) in [6.45, 7) is 3.08. The van der Waals surface area contributed by atoms with Crippen LogP contribution in [0.1, 0.15) is 31.2 Å². The van der Waals surface area contributed by atoms with E-state index in [1.807, 2.05) is 12.5 Å². The molecule has 0 atom stereocenters. The maximum absolute atomic E-state index is 11.2. The molecule has 0 N–H and O–H groups in total. The van der Waals surface area contributed by atoms with Gasteiger partial charge in [-0.25, -0.2) is 4.98 Å².